The highest BCUT2D eigenvalue weighted by atomic mass is 16.5. The Kier molecular flexibility index (Phi) is 1.74. The molecule has 3 fully saturated rings. The minimum atomic E-state index is 0.00241. The van der Waals surface area contributed by atoms with E-state index in [1.165, 1.54) is 12.8 Å². The highest BCUT2D eigenvalue weighted by molar-refractivity contribution is 5.00. The minimum Gasteiger partial charge on any atom is -0.378 e. The Bertz CT molecular complexity index is 169. The highest BCUT2D eigenvalue weighted by Gasteiger charge is 2.52. The van der Waals surface area contributed by atoms with E-state index in [1.807, 2.05) is 0 Å². The van der Waals surface area contributed by atoms with E-state index in [4.69, 9.17) is 9.47 Å². The molecule has 2 bridgehead atoms. The largest absolute Gasteiger partial charge is 0.378 e. The van der Waals surface area contributed by atoms with Crippen molar-refractivity contribution in [3.05, 3.63) is 0 Å². The van der Waals surface area contributed by atoms with Crippen LogP contribution in [-0.2, 0) is 9.47 Å². The summed E-state index contributed by atoms with van der Waals surface area (Å²) in [5.74, 6) is 0. The smallest absolute Gasteiger partial charge is 0.0598 e. The average Bonchev–Trinajstić information content (AvgIpc) is 2.36. The van der Waals surface area contributed by atoms with Crippen LogP contribution in [-0.4, -0.2) is 24.9 Å². The SMILES string of the molecule is CC(C)(C)OCC12COC(C1)C2. The van der Waals surface area contributed by atoms with Gasteiger partial charge in [0.2, 0.25) is 0 Å². The molecule has 0 amide bonds. The predicted molar refractivity (Wildman–Crippen MR) is 47.1 cm³/mol. The van der Waals surface area contributed by atoms with E-state index in [0.717, 1.165) is 13.2 Å². The molecular weight excluding hydrogens is 152 g/mol. The van der Waals surface area contributed by atoms with Crippen molar-refractivity contribution in [2.24, 2.45) is 5.41 Å². The Morgan fingerprint density at radius 2 is 2.08 bits per heavy atom. The van der Waals surface area contributed by atoms with Crippen LogP contribution >= 0.6 is 0 Å². The molecule has 0 atom stereocenters. The number of fused-ring (bicyclic) bond motifs is 1. The van der Waals surface area contributed by atoms with E-state index >= 15 is 0 Å². The molecule has 0 N–H and O–H groups in total. The average molecular weight is 170 g/mol. The molecule has 0 radical (unpaired) electrons. The van der Waals surface area contributed by atoms with Crippen molar-refractivity contribution >= 4 is 0 Å². The maximum absolute atomic E-state index is 5.77. The van der Waals surface area contributed by atoms with Gasteiger partial charge in [0.25, 0.3) is 0 Å². The molecule has 2 saturated heterocycles. The minimum absolute atomic E-state index is 0.00241. The van der Waals surface area contributed by atoms with Gasteiger partial charge in [-0.15, -0.1) is 0 Å². The van der Waals surface area contributed by atoms with Gasteiger partial charge in [0.1, 0.15) is 0 Å². The first kappa shape index (κ1) is 8.52. The molecule has 0 spiro atoms. The van der Waals surface area contributed by atoms with Gasteiger partial charge >= 0.3 is 0 Å². The van der Waals surface area contributed by atoms with Crippen molar-refractivity contribution in [2.75, 3.05) is 13.2 Å². The molecule has 12 heavy (non-hydrogen) atoms. The van der Waals surface area contributed by atoms with E-state index in [-0.39, 0.29) is 5.60 Å². The molecule has 70 valence electrons. The first-order chi connectivity index (χ1) is 5.49. The van der Waals surface area contributed by atoms with Gasteiger partial charge in [-0.1, -0.05) is 0 Å². The number of hydrogen-bond donors (Lipinski definition) is 0. The summed E-state index contributed by atoms with van der Waals surface area (Å²) in [5, 5.41) is 0. The fourth-order valence-corrected chi connectivity index (χ4v) is 1.97. The molecule has 2 heterocycles. The van der Waals surface area contributed by atoms with Crippen LogP contribution in [0.25, 0.3) is 0 Å². The lowest BCUT2D eigenvalue weighted by Gasteiger charge is -2.37. The fraction of sp³-hybridized carbons (Fsp3) is 1.00. The molecular formula is C10H18O2. The highest BCUT2D eigenvalue weighted by Crippen LogP contribution is 2.50. The second-order valence-corrected chi connectivity index (χ2v) is 5.24. The monoisotopic (exact) mass is 170 g/mol. The zero-order valence-corrected chi connectivity index (χ0v) is 8.22. The molecule has 2 nitrogen and oxygen atoms in total. The third kappa shape index (κ3) is 1.50. The van der Waals surface area contributed by atoms with Gasteiger partial charge in [0, 0.05) is 5.41 Å². The molecule has 0 aromatic carbocycles. The third-order valence-electron chi connectivity index (χ3n) is 2.76. The van der Waals surface area contributed by atoms with Crippen molar-refractivity contribution in [2.45, 2.75) is 45.3 Å². The van der Waals surface area contributed by atoms with Crippen LogP contribution in [0.5, 0.6) is 0 Å². The van der Waals surface area contributed by atoms with Gasteiger partial charge in [0.05, 0.1) is 24.9 Å². The summed E-state index contributed by atoms with van der Waals surface area (Å²) in [6, 6.07) is 0. The van der Waals surface area contributed by atoms with Crippen molar-refractivity contribution in [1.29, 1.82) is 0 Å². The van der Waals surface area contributed by atoms with Gasteiger partial charge in [-0.3, -0.25) is 0 Å². The van der Waals surface area contributed by atoms with Crippen LogP contribution in [0.2, 0.25) is 0 Å². The Labute approximate surface area is 74.2 Å². The van der Waals surface area contributed by atoms with Crippen molar-refractivity contribution < 1.29 is 9.47 Å². The standard InChI is InChI=1S/C10H18O2/c1-9(2,3)12-7-10-4-8(5-10)11-6-10/h8H,4-7H2,1-3H3. The second-order valence-electron chi connectivity index (χ2n) is 5.24. The van der Waals surface area contributed by atoms with E-state index in [0.29, 0.717) is 11.5 Å². The fourth-order valence-electron chi connectivity index (χ4n) is 1.97. The molecule has 0 unspecified atom stereocenters. The van der Waals surface area contributed by atoms with Crippen LogP contribution in [0.4, 0.5) is 0 Å². The molecule has 2 heteroatoms. The Hall–Kier alpha value is -0.0800. The zero-order valence-electron chi connectivity index (χ0n) is 8.22. The Balaban J connectivity index is 1.81. The Morgan fingerprint density at radius 1 is 1.42 bits per heavy atom. The number of rotatable bonds is 2. The second kappa shape index (κ2) is 2.46. The molecule has 0 aromatic rings. The maximum atomic E-state index is 5.77. The molecule has 1 saturated carbocycles. The molecule has 3 aliphatic rings. The summed E-state index contributed by atoms with van der Waals surface area (Å²) in [6.07, 6.45) is 3.01. The van der Waals surface area contributed by atoms with Crippen LogP contribution in [0.1, 0.15) is 33.6 Å². The van der Waals surface area contributed by atoms with Crippen molar-refractivity contribution in [3.8, 4) is 0 Å². The van der Waals surface area contributed by atoms with Crippen molar-refractivity contribution in [3.63, 3.8) is 0 Å². The molecule has 0 aromatic heterocycles. The van der Waals surface area contributed by atoms with Crippen molar-refractivity contribution in [1.82, 2.24) is 0 Å². The van der Waals surface area contributed by atoms with Gasteiger partial charge < -0.3 is 9.47 Å². The third-order valence-corrected chi connectivity index (χ3v) is 2.76. The van der Waals surface area contributed by atoms with E-state index in [2.05, 4.69) is 20.8 Å². The lowest BCUT2D eigenvalue weighted by molar-refractivity contribution is -0.0629. The van der Waals surface area contributed by atoms with Gasteiger partial charge in [-0.05, 0) is 33.6 Å². The Morgan fingerprint density at radius 3 is 2.50 bits per heavy atom. The van der Waals surface area contributed by atoms with Crippen LogP contribution in [0.15, 0.2) is 0 Å². The van der Waals surface area contributed by atoms with E-state index in [9.17, 15) is 0 Å². The zero-order chi connectivity index (χ0) is 8.82. The quantitative estimate of drug-likeness (QED) is 0.631. The number of ether oxygens (including phenoxy) is 2. The van der Waals surface area contributed by atoms with Crippen LogP contribution in [0.3, 0.4) is 0 Å². The van der Waals surface area contributed by atoms with Gasteiger partial charge in [0.15, 0.2) is 0 Å². The predicted octanol–water partition coefficient (Wildman–Crippen LogP) is 1.98. The topological polar surface area (TPSA) is 18.5 Å². The summed E-state index contributed by atoms with van der Waals surface area (Å²) in [6.45, 7) is 8.13. The summed E-state index contributed by atoms with van der Waals surface area (Å²) >= 11 is 0. The molecule has 2 aliphatic heterocycles. The van der Waals surface area contributed by atoms with Gasteiger partial charge in [-0.25, -0.2) is 0 Å². The summed E-state index contributed by atoms with van der Waals surface area (Å²) in [5.41, 5.74) is 0.403. The van der Waals surface area contributed by atoms with E-state index < -0.39 is 0 Å². The molecule has 1 aliphatic carbocycles. The van der Waals surface area contributed by atoms with Crippen LogP contribution < -0.4 is 0 Å². The first-order valence-electron chi connectivity index (χ1n) is 4.75. The number of hydrogen-bond acceptors (Lipinski definition) is 2. The normalized spacial score (nSPS) is 39.8. The lowest BCUT2D eigenvalue weighted by Crippen LogP contribution is -2.39. The summed E-state index contributed by atoms with van der Waals surface area (Å²) in [4.78, 5) is 0. The maximum Gasteiger partial charge on any atom is 0.0598 e. The summed E-state index contributed by atoms with van der Waals surface area (Å²) in [7, 11) is 0. The lowest BCUT2D eigenvalue weighted by atomic mass is 9.71. The first-order valence-corrected chi connectivity index (χ1v) is 4.75. The van der Waals surface area contributed by atoms with Gasteiger partial charge in [-0.2, -0.15) is 0 Å². The van der Waals surface area contributed by atoms with Crippen LogP contribution in [0, 0.1) is 5.41 Å². The summed E-state index contributed by atoms with van der Waals surface area (Å²) < 4.78 is 11.3. The molecule has 3 rings (SSSR count). The van der Waals surface area contributed by atoms with E-state index in [1.54, 1.807) is 0 Å².